The zero-order chi connectivity index (χ0) is 24.6. The molecule has 1 amide bonds. The molecule has 0 radical (unpaired) electrons. The maximum atomic E-state index is 10.8. The summed E-state index contributed by atoms with van der Waals surface area (Å²) in [5, 5.41) is 14.6. The number of carboxylic acid groups (broad SMARTS) is 1. The van der Waals surface area contributed by atoms with Crippen molar-refractivity contribution in [1.29, 1.82) is 0 Å². The zero-order valence-corrected chi connectivity index (χ0v) is 20.7. The number of likely N-dealkylation sites (tertiary alicyclic amines) is 1. The minimum absolute atomic E-state index is 0.290. The Bertz CT molecular complexity index is 1110. The lowest BCUT2D eigenvalue weighted by atomic mass is 10.0. The van der Waals surface area contributed by atoms with Crippen molar-refractivity contribution in [3.05, 3.63) is 47.5 Å². The van der Waals surface area contributed by atoms with Crippen LogP contribution in [0.15, 0.2) is 40.8 Å². The first-order valence-electron chi connectivity index (χ1n) is 12.6. The lowest BCUT2D eigenvalue weighted by Gasteiger charge is -2.32. The Morgan fingerprint density at radius 3 is 2.54 bits per heavy atom. The quantitative estimate of drug-likeness (QED) is 0.367. The summed E-state index contributed by atoms with van der Waals surface area (Å²) in [7, 11) is 0. The molecule has 2 heterocycles. The molecule has 2 aliphatic rings. The van der Waals surface area contributed by atoms with Crippen molar-refractivity contribution in [2.24, 2.45) is 0 Å². The van der Waals surface area contributed by atoms with Gasteiger partial charge in [-0.25, -0.2) is 4.79 Å². The molecule has 8 nitrogen and oxygen atoms in total. The number of fused-ring (bicyclic) bond motifs is 1. The van der Waals surface area contributed by atoms with E-state index in [4.69, 9.17) is 14.3 Å². The van der Waals surface area contributed by atoms with Crippen LogP contribution in [0.3, 0.4) is 0 Å². The van der Waals surface area contributed by atoms with Crippen LogP contribution in [0.25, 0.3) is 11.1 Å². The lowest BCUT2D eigenvalue weighted by molar-refractivity contribution is 0.209. The van der Waals surface area contributed by atoms with Gasteiger partial charge in [-0.2, -0.15) is 4.98 Å². The second-order valence-corrected chi connectivity index (χ2v) is 9.27. The average molecular weight is 481 g/mol. The third-order valence-electron chi connectivity index (χ3n) is 6.51. The number of ether oxygens (including phenoxy) is 1. The van der Waals surface area contributed by atoms with Gasteiger partial charge in [0.15, 0.2) is 5.58 Å². The average Bonchev–Trinajstić information content (AvgIpc) is 3.17. The van der Waals surface area contributed by atoms with E-state index in [-0.39, 0.29) is 6.04 Å². The molecule has 188 valence electrons. The Labute approximate surface area is 206 Å². The number of nitrogens with one attached hydrogen (secondary N) is 2. The van der Waals surface area contributed by atoms with Crippen LogP contribution >= 0.6 is 0 Å². The fourth-order valence-corrected chi connectivity index (χ4v) is 4.16. The molecule has 0 atom stereocenters. The van der Waals surface area contributed by atoms with Crippen molar-refractivity contribution in [2.75, 3.05) is 30.3 Å². The Hall–Kier alpha value is -3.26. The predicted octanol–water partition coefficient (Wildman–Crippen LogP) is 6.26. The summed E-state index contributed by atoms with van der Waals surface area (Å²) in [6.45, 7) is 7.64. The molecule has 1 saturated heterocycles. The van der Waals surface area contributed by atoms with Crippen LogP contribution in [-0.2, 0) is 6.54 Å². The third-order valence-corrected chi connectivity index (χ3v) is 6.51. The Morgan fingerprint density at radius 2 is 1.89 bits per heavy atom. The number of hydrogen-bond acceptors (Lipinski definition) is 6. The number of benzene rings is 2. The zero-order valence-electron chi connectivity index (χ0n) is 20.7. The molecule has 0 spiro atoms. The highest BCUT2D eigenvalue weighted by atomic mass is 16.5. The SMILES string of the molecule is C1CCC1.CCOc1cc(CN2CCC(Nc3nc4cc(NC(=O)O)ccc4o3)CC2)ccc1C. The van der Waals surface area contributed by atoms with Gasteiger partial charge in [-0.1, -0.05) is 37.8 Å². The van der Waals surface area contributed by atoms with Gasteiger partial charge >= 0.3 is 6.09 Å². The summed E-state index contributed by atoms with van der Waals surface area (Å²) < 4.78 is 11.5. The number of amides is 1. The van der Waals surface area contributed by atoms with E-state index < -0.39 is 6.09 Å². The van der Waals surface area contributed by atoms with Crippen molar-refractivity contribution < 1.29 is 19.1 Å². The first kappa shape index (κ1) is 24.9. The highest BCUT2D eigenvalue weighted by Gasteiger charge is 2.21. The number of rotatable bonds is 7. The molecule has 1 saturated carbocycles. The summed E-state index contributed by atoms with van der Waals surface area (Å²) in [4.78, 5) is 17.7. The summed E-state index contributed by atoms with van der Waals surface area (Å²) >= 11 is 0. The van der Waals surface area contributed by atoms with Crippen LogP contribution in [0.5, 0.6) is 5.75 Å². The molecule has 2 fully saturated rings. The van der Waals surface area contributed by atoms with Crippen LogP contribution in [0, 0.1) is 6.92 Å². The molecule has 2 aromatic carbocycles. The molecule has 3 aromatic rings. The van der Waals surface area contributed by atoms with Crippen LogP contribution in [-0.4, -0.2) is 46.8 Å². The maximum absolute atomic E-state index is 10.8. The van der Waals surface area contributed by atoms with Gasteiger partial charge in [-0.05, 0) is 62.1 Å². The fourth-order valence-electron chi connectivity index (χ4n) is 4.16. The minimum Gasteiger partial charge on any atom is -0.494 e. The lowest BCUT2D eigenvalue weighted by Crippen LogP contribution is -2.38. The standard InChI is InChI=1S/C23H28N4O4.C4H8/c1-3-30-21-12-16(5-4-15(21)2)14-27-10-8-17(9-11-27)24-22-26-19-13-18(25-23(28)29)6-7-20(19)31-22;1-2-4-3-1/h4-7,12-13,17,25H,3,8-11,14H2,1-2H3,(H,24,26)(H,28,29);1-4H2. The van der Waals surface area contributed by atoms with E-state index >= 15 is 0 Å². The highest BCUT2D eigenvalue weighted by Crippen LogP contribution is 2.25. The molecule has 1 aliphatic heterocycles. The van der Waals surface area contributed by atoms with Crippen LogP contribution in [0.2, 0.25) is 0 Å². The Kier molecular flexibility index (Phi) is 8.47. The van der Waals surface area contributed by atoms with E-state index in [2.05, 4.69) is 45.6 Å². The summed E-state index contributed by atoms with van der Waals surface area (Å²) in [6.07, 6.45) is 6.89. The molecule has 8 heteroatoms. The van der Waals surface area contributed by atoms with Crippen LogP contribution < -0.4 is 15.4 Å². The highest BCUT2D eigenvalue weighted by molar-refractivity contribution is 5.87. The number of carbonyl (C=O) groups is 1. The van der Waals surface area contributed by atoms with E-state index in [9.17, 15) is 4.79 Å². The molecular weight excluding hydrogens is 444 g/mol. The van der Waals surface area contributed by atoms with Crippen molar-refractivity contribution in [3.8, 4) is 5.75 Å². The molecule has 35 heavy (non-hydrogen) atoms. The molecule has 3 N–H and O–H groups in total. The summed E-state index contributed by atoms with van der Waals surface area (Å²) in [5.41, 5.74) is 4.15. The van der Waals surface area contributed by atoms with E-state index in [0.717, 1.165) is 43.8 Å². The van der Waals surface area contributed by atoms with Crippen molar-refractivity contribution in [1.82, 2.24) is 9.88 Å². The number of aryl methyl sites for hydroxylation is 1. The van der Waals surface area contributed by atoms with Crippen molar-refractivity contribution in [2.45, 2.75) is 65.0 Å². The molecule has 1 aliphatic carbocycles. The number of anilines is 2. The second kappa shape index (κ2) is 11.9. The van der Waals surface area contributed by atoms with Gasteiger partial charge in [0.1, 0.15) is 11.3 Å². The topological polar surface area (TPSA) is 99.9 Å². The van der Waals surface area contributed by atoms with Gasteiger partial charge in [-0.15, -0.1) is 0 Å². The largest absolute Gasteiger partial charge is 0.494 e. The van der Waals surface area contributed by atoms with Crippen molar-refractivity contribution in [3.63, 3.8) is 0 Å². The monoisotopic (exact) mass is 480 g/mol. The smallest absolute Gasteiger partial charge is 0.409 e. The van der Waals surface area contributed by atoms with Gasteiger partial charge in [0, 0.05) is 31.4 Å². The first-order valence-corrected chi connectivity index (χ1v) is 12.6. The van der Waals surface area contributed by atoms with Gasteiger partial charge in [0.05, 0.1) is 6.61 Å². The van der Waals surface area contributed by atoms with E-state index in [1.54, 1.807) is 18.2 Å². The fraction of sp³-hybridized carbons (Fsp3) is 0.481. The number of oxazole rings is 1. The number of nitrogens with zero attached hydrogens (tertiary/aromatic N) is 2. The molecule has 1 aromatic heterocycles. The maximum Gasteiger partial charge on any atom is 0.409 e. The summed E-state index contributed by atoms with van der Waals surface area (Å²) in [5.74, 6) is 0.967. The van der Waals surface area contributed by atoms with Crippen molar-refractivity contribution >= 4 is 28.9 Å². The van der Waals surface area contributed by atoms with Gasteiger partial charge in [-0.3, -0.25) is 10.2 Å². The minimum atomic E-state index is -1.10. The Balaban J connectivity index is 0.000000656. The predicted molar refractivity (Wildman–Crippen MR) is 138 cm³/mol. The van der Waals surface area contributed by atoms with E-state index in [1.807, 2.05) is 6.92 Å². The molecule has 0 unspecified atom stereocenters. The first-order chi connectivity index (χ1) is 17.0. The number of aromatic nitrogens is 1. The normalized spacial score (nSPS) is 16.2. The third kappa shape index (κ3) is 7.11. The second-order valence-electron chi connectivity index (χ2n) is 9.27. The Morgan fingerprint density at radius 1 is 1.14 bits per heavy atom. The molecule has 5 rings (SSSR count). The molecular formula is C27H36N4O4. The van der Waals surface area contributed by atoms with Crippen LogP contribution in [0.4, 0.5) is 16.5 Å². The van der Waals surface area contributed by atoms with Gasteiger partial charge in [0.25, 0.3) is 6.01 Å². The summed E-state index contributed by atoms with van der Waals surface area (Å²) in [6, 6.07) is 12.3. The van der Waals surface area contributed by atoms with Gasteiger partial charge in [0.2, 0.25) is 0 Å². The van der Waals surface area contributed by atoms with E-state index in [0.29, 0.717) is 29.4 Å². The number of piperidine rings is 1. The van der Waals surface area contributed by atoms with Crippen LogP contribution in [0.1, 0.15) is 56.6 Å². The number of hydrogen-bond donors (Lipinski definition) is 3. The van der Waals surface area contributed by atoms with E-state index in [1.165, 1.54) is 31.2 Å². The molecule has 0 bridgehead atoms. The van der Waals surface area contributed by atoms with Gasteiger partial charge < -0.3 is 19.6 Å².